The molecule has 0 aliphatic carbocycles. The van der Waals surface area contributed by atoms with Gasteiger partial charge in [0, 0.05) is 12.7 Å². The molecule has 2 aliphatic rings. The Morgan fingerprint density at radius 1 is 1.41 bits per heavy atom. The van der Waals surface area contributed by atoms with Crippen LogP contribution >= 0.6 is 0 Å². The molecule has 0 amide bonds. The molecule has 0 aromatic carbocycles. The van der Waals surface area contributed by atoms with Crippen LogP contribution in [0.15, 0.2) is 6.20 Å². The molecule has 1 aromatic rings. The molecule has 17 heavy (non-hydrogen) atoms. The number of rotatable bonds is 2. The van der Waals surface area contributed by atoms with Gasteiger partial charge in [-0.3, -0.25) is 9.58 Å². The highest BCUT2D eigenvalue weighted by Gasteiger charge is 2.31. The van der Waals surface area contributed by atoms with Crippen LogP contribution in [0.5, 0.6) is 0 Å². The molecule has 0 bridgehead atoms. The first-order valence-electron chi connectivity index (χ1n) is 6.37. The van der Waals surface area contributed by atoms with Crippen LogP contribution < -0.4 is 5.73 Å². The summed E-state index contributed by atoms with van der Waals surface area (Å²) in [6.45, 7) is 6.03. The number of hydrogen-bond donors (Lipinski definition) is 1. The van der Waals surface area contributed by atoms with Crippen molar-refractivity contribution in [2.75, 3.05) is 32.0 Å². The maximum atomic E-state index is 5.86. The van der Waals surface area contributed by atoms with E-state index in [1.807, 2.05) is 13.1 Å². The normalized spacial score (nSPS) is 27.0. The fourth-order valence-corrected chi connectivity index (χ4v) is 2.65. The number of aromatic nitrogens is 2. The van der Waals surface area contributed by atoms with Crippen LogP contribution in [-0.2, 0) is 4.74 Å². The van der Waals surface area contributed by atoms with E-state index >= 15 is 0 Å². The number of nitrogen functional groups attached to an aromatic ring is 1. The fourth-order valence-electron chi connectivity index (χ4n) is 2.65. The van der Waals surface area contributed by atoms with Crippen LogP contribution in [0.4, 0.5) is 5.69 Å². The fraction of sp³-hybridized carbons (Fsp3) is 0.750. The lowest BCUT2D eigenvalue weighted by Gasteiger charge is -2.42. The topological polar surface area (TPSA) is 56.3 Å². The highest BCUT2D eigenvalue weighted by Crippen LogP contribution is 2.25. The second kappa shape index (κ2) is 4.31. The highest BCUT2D eigenvalue weighted by atomic mass is 16.5. The molecule has 5 heteroatoms. The zero-order chi connectivity index (χ0) is 11.8. The number of anilines is 1. The number of hydrogen-bond acceptors (Lipinski definition) is 4. The maximum Gasteiger partial charge on any atom is 0.0823 e. The lowest BCUT2D eigenvalue weighted by Crippen LogP contribution is -2.52. The average molecular weight is 236 g/mol. The van der Waals surface area contributed by atoms with Crippen molar-refractivity contribution < 1.29 is 4.74 Å². The lowest BCUT2D eigenvalue weighted by molar-refractivity contribution is -0.0757. The molecule has 2 fully saturated rings. The van der Waals surface area contributed by atoms with Gasteiger partial charge in [-0.05, 0) is 26.3 Å². The summed E-state index contributed by atoms with van der Waals surface area (Å²) in [6, 6.07) is 1.10. The molecule has 1 aromatic heterocycles. The molecule has 0 radical (unpaired) electrons. The molecule has 1 atom stereocenters. The summed E-state index contributed by atoms with van der Waals surface area (Å²) in [4.78, 5) is 2.53. The first-order chi connectivity index (χ1) is 8.24. The molecule has 3 heterocycles. The highest BCUT2D eigenvalue weighted by molar-refractivity contribution is 5.39. The Bertz CT molecular complexity index is 380. The number of nitrogens with two attached hydrogens (primary N) is 1. The summed E-state index contributed by atoms with van der Waals surface area (Å²) in [5, 5.41) is 4.51. The Morgan fingerprint density at radius 3 is 2.82 bits per heavy atom. The zero-order valence-corrected chi connectivity index (χ0v) is 10.3. The van der Waals surface area contributed by atoms with Crippen molar-refractivity contribution in [2.45, 2.75) is 31.8 Å². The van der Waals surface area contributed by atoms with Gasteiger partial charge in [-0.1, -0.05) is 0 Å². The van der Waals surface area contributed by atoms with E-state index in [0.717, 1.165) is 31.1 Å². The summed E-state index contributed by atoms with van der Waals surface area (Å²) < 4.78 is 7.32. The van der Waals surface area contributed by atoms with Gasteiger partial charge in [0.1, 0.15) is 0 Å². The Hall–Kier alpha value is -1.07. The van der Waals surface area contributed by atoms with E-state index < -0.39 is 0 Å². The van der Waals surface area contributed by atoms with E-state index in [4.69, 9.17) is 10.5 Å². The summed E-state index contributed by atoms with van der Waals surface area (Å²) in [5.41, 5.74) is 7.60. The van der Waals surface area contributed by atoms with Gasteiger partial charge in [0.15, 0.2) is 0 Å². The summed E-state index contributed by atoms with van der Waals surface area (Å²) in [7, 11) is 0. The van der Waals surface area contributed by atoms with Gasteiger partial charge in [0.2, 0.25) is 0 Å². The molecule has 0 unspecified atom stereocenters. The maximum absolute atomic E-state index is 5.86. The van der Waals surface area contributed by atoms with E-state index in [0.29, 0.717) is 12.1 Å². The van der Waals surface area contributed by atoms with E-state index in [1.54, 1.807) is 0 Å². The molecule has 2 saturated heterocycles. The van der Waals surface area contributed by atoms with Crippen molar-refractivity contribution in [1.29, 1.82) is 0 Å². The van der Waals surface area contributed by atoms with Gasteiger partial charge in [0.05, 0.1) is 36.7 Å². The van der Waals surface area contributed by atoms with E-state index in [2.05, 4.69) is 14.7 Å². The van der Waals surface area contributed by atoms with Crippen LogP contribution in [-0.4, -0.2) is 47.0 Å². The Labute approximate surface area is 102 Å². The van der Waals surface area contributed by atoms with Crippen molar-refractivity contribution >= 4 is 5.69 Å². The number of aryl methyl sites for hydroxylation is 1. The Morgan fingerprint density at radius 2 is 2.24 bits per heavy atom. The molecule has 0 saturated carbocycles. The molecule has 2 aliphatic heterocycles. The average Bonchev–Trinajstić information content (AvgIpc) is 2.57. The van der Waals surface area contributed by atoms with Crippen LogP contribution in [0, 0.1) is 6.92 Å². The first-order valence-corrected chi connectivity index (χ1v) is 6.37. The quantitative estimate of drug-likeness (QED) is 0.825. The third kappa shape index (κ3) is 2.05. The predicted molar refractivity (Wildman–Crippen MR) is 65.8 cm³/mol. The van der Waals surface area contributed by atoms with Crippen LogP contribution in [0.2, 0.25) is 0 Å². The van der Waals surface area contributed by atoms with Crippen molar-refractivity contribution in [1.82, 2.24) is 14.7 Å². The van der Waals surface area contributed by atoms with Crippen molar-refractivity contribution in [2.24, 2.45) is 0 Å². The van der Waals surface area contributed by atoms with Gasteiger partial charge >= 0.3 is 0 Å². The molecule has 2 N–H and O–H groups in total. The molecule has 3 rings (SSSR count). The number of piperidine rings is 1. The third-order valence-corrected chi connectivity index (χ3v) is 3.89. The third-order valence-electron chi connectivity index (χ3n) is 3.89. The van der Waals surface area contributed by atoms with Crippen LogP contribution in [0.1, 0.15) is 24.6 Å². The van der Waals surface area contributed by atoms with Gasteiger partial charge in [-0.2, -0.15) is 5.10 Å². The zero-order valence-electron chi connectivity index (χ0n) is 10.3. The number of nitrogens with zero attached hydrogens (tertiary/aromatic N) is 3. The second-order valence-corrected chi connectivity index (χ2v) is 5.13. The standard InChI is InChI=1S/C12H20N4O/c1-9-12(13)6-16(14-9)10-3-2-4-15(5-10)11-7-17-8-11/h6,10-11H,2-5,7-8,13H2,1H3/t10-/m1/s1. The monoisotopic (exact) mass is 236 g/mol. The number of likely N-dealkylation sites (tertiary alicyclic amines) is 1. The molecule has 0 spiro atoms. The summed E-state index contributed by atoms with van der Waals surface area (Å²) in [6.07, 6.45) is 4.41. The second-order valence-electron chi connectivity index (χ2n) is 5.13. The minimum absolute atomic E-state index is 0.473. The van der Waals surface area contributed by atoms with Crippen LogP contribution in [0.25, 0.3) is 0 Å². The van der Waals surface area contributed by atoms with E-state index in [9.17, 15) is 0 Å². The van der Waals surface area contributed by atoms with Crippen molar-refractivity contribution in [3.63, 3.8) is 0 Å². The van der Waals surface area contributed by atoms with Crippen molar-refractivity contribution in [3.8, 4) is 0 Å². The summed E-state index contributed by atoms with van der Waals surface area (Å²) >= 11 is 0. The van der Waals surface area contributed by atoms with E-state index in [1.165, 1.54) is 19.4 Å². The smallest absolute Gasteiger partial charge is 0.0823 e. The molecular formula is C12H20N4O. The van der Waals surface area contributed by atoms with Crippen molar-refractivity contribution in [3.05, 3.63) is 11.9 Å². The van der Waals surface area contributed by atoms with Gasteiger partial charge in [0.25, 0.3) is 0 Å². The van der Waals surface area contributed by atoms with Gasteiger partial charge in [-0.25, -0.2) is 0 Å². The minimum Gasteiger partial charge on any atom is -0.396 e. The van der Waals surface area contributed by atoms with Gasteiger partial charge in [-0.15, -0.1) is 0 Å². The summed E-state index contributed by atoms with van der Waals surface area (Å²) in [5.74, 6) is 0. The largest absolute Gasteiger partial charge is 0.396 e. The first kappa shape index (κ1) is 11.0. The predicted octanol–water partition coefficient (Wildman–Crippen LogP) is 0.809. The lowest BCUT2D eigenvalue weighted by atomic mass is 10.0. The van der Waals surface area contributed by atoms with Crippen LogP contribution in [0.3, 0.4) is 0 Å². The number of ether oxygens (including phenoxy) is 1. The minimum atomic E-state index is 0.473. The molecule has 94 valence electrons. The van der Waals surface area contributed by atoms with Gasteiger partial charge < -0.3 is 10.5 Å². The molecule has 5 nitrogen and oxygen atoms in total. The van der Waals surface area contributed by atoms with E-state index in [-0.39, 0.29) is 0 Å². The molecular weight excluding hydrogens is 216 g/mol. The Kier molecular flexibility index (Phi) is 2.80. The Balaban J connectivity index is 1.70. The SMILES string of the molecule is Cc1nn([C@@H]2CCCN(C3COC3)C2)cc1N.